The fourth-order valence-electron chi connectivity index (χ4n) is 2.26. The lowest BCUT2D eigenvalue weighted by Gasteiger charge is -2.40. The Morgan fingerprint density at radius 1 is 1.42 bits per heavy atom. The van der Waals surface area contributed by atoms with Gasteiger partial charge in [0.25, 0.3) is 0 Å². The first kappa shape index (κ1) is 13.7. The average molecular weight is 265 g/mol. The first-order valence-corrected chi connectivity index (χ1v) is 6.30. The van der Waals surface area contributed by atoms with Crippen molar-refractivity contribution < 1.29 is 19.4 Å². The molecule has 0 spiro atoms. The van der Waals surface area contributed by atoms with Crippen molar-refractivity contribution in [2.45, 2.75) is 24.9 Å². The van der Waals surface area contributed by atoms with Gasteiger partial charge in [-0.3, -0.25) is 0 Å². The zero-order chi connectivity index (χ0) is 13.9. The summed E-state index contributed by atoms with van der Waals surface area (Å²) in [5.41, 5.74) is 0.653. The van der Waals surface area contributed by atoms with E-state index < -0.39 is 5.97 Å². The number of rotatable bonds is 6. The molecule has 1 saturated carbocycles. The minimum atomic E-state index is -0.953. The summed E-state index contributed by atoms with van der Waals surface area (Å²) in [5, 5.41) is 12.4. The number of hydrogen-bond donors (Lipinski definition) is 2. The summed E-state index contributed by atoms with van der Waals surface area (Å²) >= 11 is 0. The highest BCUT2D eigenvalue weighted by Crippen LogP contribution is 2.35. The number of nitrogens with one attached hydrogen (secondary N) is 1. The van der Waals surface area contributed by atoms with Crippen LogP contribution in [0.2, 0.25) is 0 Å². The summed E-state index contributed by atoms with van der Waals surface area (Å²) in [6.45, 7) is 0.608. The molecule has 1 aromatic carbocycles. The van der Waals surface area contributed by atoms with Crippen LogP contribution in [0, 0.1) is 0 Å². The molecule has 1 fully saturated rings. The second-order valence-electron chi connectivity index (χ2n) is 4.81. The highest BCUT2D eigenvalue weighted by Gasteiger charge is 2.36. The van der Waals surface area contributed by atoms with E-state index >= 15 is 0 Å². The Labute approximate surface area is 112 Å². The van der Waals surface area contributed by atoms with E-state index in [9.17, 15) is 9.90 Å². The first-order valence-electron chi connectivity index (χ1n) is 6.30. The number of anilines is 1. The molecule has 19 heavy (non-hydrogen) atoms. The van der Waals surface area contributed by atoms with E-state index in [1.54, 1.807) is 32.4 Å². The number of aromatic carboxylic acids is 1. The van der Waals surface area contributed by atoms with Crippen LogP contribution in [-0.2, 0) is 4.74 Å². The Hall–Kier alpha value is -1.75. The van der Waals surface area contributed by atoms with Crippen molar-refractivity contribution in [1.29, 1.82) is 0 Å². The van der Waals surface area contributed by atoms with Crippen LogP contribution in [0.15, 0.2) is 18.2 Å². The van der Waals surface area contributed by atoms with E-state index in [4.69, 9.17) is 9.47 Å². The largest absolute Gasteiger partial charge is 0.497 e. The van der Waals surface area contributed by atoms with Crippen LogP contribution < -0.4 is 10.1 Å². The molecule has 0 amide bonds. The highest BCUT2D eigenvalue weighted by atomic mass is 16.5. The Morgan fingerprint density at radius 2 is 2.16 bits per heavy atom. The van der Waals surface area contributed by atoms with Crippen molar-refractivity contribution >= 4 is 11.7 Å². The van der Waals surface area contributed by atoms with Gasteiger partial charge in [-0.1, -0.05) is 0 Å². The number of carbonyl (C=O) groups is 1. The standard InChI is InChI=1S/C14H19NO4/c1-18-10-4-5-11(13(16)17)12(8-10)15-9-14(19-2)6-3-7-14/h4-5,8,15H,3,6-7,9H2,1-2H3,(H,16,17). The molecule has 2 rings (SSSR count). The molecule has 104 valence electrons. The fourth-order valence-corrected chi connectivity index (χ4v) is 2.26. The van der Waals surface area contributed by atoms with E-state index in [-0.39, 0.29) is 11.2 Å². The number of benzene rings is 1. The lowest BCUT2D eigenvalue weighted by atomic mass is 9.80. The van der Waals surface area contributed by atoms with Crippen molar-refractivity contribution in [2.75, 3.05) is 26.1 Å². The fraction of sp³-hybridized carbons (Fsp3) is 0.500. The van der Waals surface area contributed by atoms with Gasteiger partial charge in [0.15, 0.2) is 0 Å². The predicted molar refractivity (Wildman–Crippen MR) is 72.0 cm³/mol. The molecular weight excluding hydrogens is 246 g/mol. The van der Waals surface area contributed by atoms with Gasteiger partial charge in [-0.05, 0) is 31.4 Å². The highest BCUT2D eigenvalue weighted by molar-refractivity contribution is 5.94. The third-order valence-electron chi connectivity index (χ3n) is 3.76. The second kappa shape index (κ2) is 5.48. The van der Waals surface area contributed by atoms with Crippen LogP contribution in [0.5, 0.6) is 5.75 Å². The van der Waals surface area contributed by atoms with Gasteiger partial charge in [-0.2, -0.15) is 0 Å². The van der Waals surface area contributed by atoms with Gasteiger partial charge in [0.1, 0.15) is 5.75 Å². The summed E-state index contributed by atoms with van der Waals surface area (Å²) < 4.78 is 10.6. The Balaban J connectivity index is 2.15. The van der Waals surface area contributed by atoms with Crippen molar-refractivity contribution in [3.05, 3.63) is 23.8 Å². The molecule has 0 unspecified atom stereocenters. The molecule has 2 N–H and O–H groups in total. The Kier molecular flexibility index (Phi) is 3.95. The first-order chi connectivity index (χ1) is 9.10. The van der Waals surface area contributed by atoms with Gasteiger partial charge in [-0.15, -0.1) is 0 Å². The Bertz CT molecular complexity index is 463. The van der Waals surface area contributed by atoms with Gasteiger partial charge in [0.2, 0.25) is 0 Å². The van der Waals surface area contributed by atoms with Crippen molar-refractivity contribution in [1.82, 2.24) is 0 Å². The molecule has 0 radical (unpaired) electrons. The monoisotopic (exact) mass is 265 g/mol. The number of hydrogen-bond acceptors (Lipinski definition) is 4. The zero-order valence-electron chi connectivity index (χ0n) is 11.2. The summed E-state index contributed by atoms with van der Waals surface area (Å²) in [6.07, 6.45) is 3.16. The topological polar surface area (TPSA) is 67.8 Å². The quantitative estimate of drug-likeness (QED) is 0.826. The van der Waals surface area contributed by atoms with Gasteiger partial charge in [-0.25, -0.2) is 4.79 Å². The van der Waals surface area contributed by atoms with E-state index in [2.05, 4.69) is 5.32 Å². The van der Waals surface area contributed by atoms with E-state index in [1.807, 2.05) is 0 Å². The molecule has 0 aliphatic heterocycles. The minimum absolute atomic E-state index is 0.154. The molecule has 0 atom stereocenters. The smallest absolute Gasteiger partial charge is 0.337 e. The number of carboxylic acid groups (broad SMARTS) is 1. The van der Waals surface area contributed by atoms with Gasteiger partial charge < -0.3 is 19.9 Å². The van der Waals surface area contributed by atoms with E-state index in [0.717, 1.165) is 19.3 Å². The predicted octanol–water partition coefficient (Wildman–Crippen LogP) is 2.37. The summed E-state index contributed by atoms with van der Waals surface area (Å²) in [5.74, 6) is -0.321. The van der Waals surface area contributed by atoms with Crippen molar-refractivity contribution in [2.24, 2.45) is 0 Å². The maximum absolute atomic E-state index is 11.2. The Morgan fingerprint density at radius 3 is 2.63 bits per heavy atom. The SMILES string of the molecule is COc1ccc(C(=O)O)c(NCC2(OC)CCC2)c1. The number of carboxylic acids is 1. The third-order valence-corrected chi connectivity index (χ3v) is 3.76. The van der Waals surface area contributed by atoms with Crippen LogP contribution in [0.25, 0.3) is 0 Å². The summed E-state index contributed by atoms with van der Waals surface area (Å²) in [7, 11) is 3.26. The van der Waals surface area contributed by atoms with E-state index in [1.165, 1.54) is 0 Å². The van der Waals surface area contributed by atoms with Crippen LogP contribution in [-0.4, -0.2) is 37.4 Å². The normalized spacial score (nSPS) is 16.5. The maximum Gasteiger partial charge on any atom is 0.337 e. The number of methoxy groups -OCH3 is 2. The van der Waals surface area contributed by atoms with Gasteiger partial charge in [0, 0.05) is 19.7 Å². The molecule has 0 bridgehead atoms. The van der Waals surface area contributed by atoms with Crippen LogP contribution >= 0.6 is 0 Å². The maximum atomic E-state index is 11.2. The molecule has 5 heteroatoms. The molecule has 0 heterocycles. The zero-order valence-corrected chi connectivity index (χ0v) is 11.2. The molecule has 1 aliphatic carbocycles. The lowest BCUT2D eigenvalue weighted by Crippen LogP contribution is -2.45. The number of ether oxygens (including phenoxy) is 2. The summed E-state index contributed by atoms with van der Waals surface area (Å²) in [6, 6.07) is 4.89. The molecule has 1 aliphatic rings. The lowest BCUT2D eigenvalue weighted by molar-refractivity contribution is -0.0601. The molecular formula is C14H19NO4. The van der Waals surface area contributed by atoms with Crippen LogP contribution in [0.1, 0.15) is 29.6 Å². The average Bonchev–Trinajstić information content (AvgIpc) is 2.37. The minimum Gasteiger partial charge on any atom is -0.497 e. The second-order valence-corrected chi connectivity index (χ2v) is 4.81. The van der Waals surface area contributed by atoms with Crippen LogP contribution in [0.3, 0.4) is 0 Å². The molecule has 1 aromatic rings. The summed E-state index contributed by atoms with van der Waals surface area (Å²) in [4.78, 5) is 11.2. The van der Waals surface area contributed by atoms with Crippen molar-refractivity contribution in [3.63, 3.8) is 0 Å². The van der Waals surface area contributed by atoms with Crippen LogP contribution in [0.4, 0.5) is 5.69 Å². The van der Waals surface area contributed by atoms with Crippen molar-refractivity contribution in [3.8, 4) is 5.75 Å². The molecule has 5 nitrogen and oxygen atoms in total. The van der Waals surface area contributed by atoms with Gasteiger partial charge >= 0.3 is 5.97 Å². The van der Waals surface area contributed by atoms with Gasteiger partial charge in [0.05, 0.1) is 24.0 Å². The molecule has 0 aromatic heterocycles. The third kappa shape index (κ3) is 2.81. The van der Waals surface area contributed by atoms with E-state index in [0.29, 0.717) is 18.0 Å². The molecule has 0 saturated heterocycles.